The summed E-state index contributed by atoms with van der Waals surface area (Å²) in [6, 6.07) is 3.45. The lowest BCUT2D eigenvalue weighted by atomic mass is 10.0. The predicted molar refractivity (Wildman–Crippen MR) is 166 cm³/mol. The Morgan fingerprint density at radius 1 is 1.11 bits per heavy atom. The van der Waals surface area contributed by atoms with E-state index < -0.39 is 48.0 Å². The third-order valence-electron chi connectivity index (χ3n) is 8.93. The summed E-state index contributed by atoms with van der Waals surface area (Å²) in [5.41, 5.74) is 1.66. The summed E-state index contributed by atoms with van der Waals surface area (Å²) in [5.74, 6) is -2.03. The van der Waals surface area contributed by atoms with Crippen LogP contribution in [-0.4, -0.2) is 63.7 Å². The van der Waals surface area contributed by atoms with E-state index in [2.05, 4.69) is 20.4 Å². The minimum Gasteiger partial charge on any atom is -0.336 e. The highest BCUT2D eigenvalue weighted by molar-refractivity contribution is 6.08. The molecule has 1 saturated carbocycles. The van der Waals surface area contributed by atoms with E-state index in [1.165, 1.54) is 31.0 Å². The molecule has 0 aromatic carbocycles. The second kappa shape index (κ2) is 10.4. The molecule has 2 amide bonds. The van der Waals surface area contributed by atoms with Crippen molar-refractivity contribution in [2.75, 3.05) is 5.32 Å². The Bertz CT molecular complexity index is 2260. The van der Waals surface area contributed by atoms with Crippen molar-refractivity contribution >= 4 is 40.0 Å². The Hall–Kier alpha value is -5.14. The molecule has 47 heavy (non-hydrogen) atoms. The first-order valence-electron chi connectivity index (χ1n) is 16.4. The van der Waals surface area contributed by atoms with Gasteiger partial charge in [-0.1, -0.05) is 12.9 Å². The van der Waals surface area contributed by atoms with Crippen molar-refractivity contribution in [2.45, 2.75) is 72.2 Å². The standard InChI is InChI=1S/C33H31F3N8O3/c1-16-6-7-25(33(34,35)36)39-30(16)40-31(47)24-10-32(5)11-26(32)44(24)28(46)15-42-14-22(19(4)45)21-9-23(38-18(3)29(21)42)20-12-37-27-8-17(2)41-43(27)13-20/h6-9,12-14,24,26H,10-11,15H2,1-5H3,(H,39,40,47)/t24-,26+,32-/m0/s1/i5D3. The first-order chi connectivity index (χ1) is 23.4. The maximum atomic E-state index is 14.1. The van der Waals surface area contributed by atoms with Gasteiger partial charge in [-0.25, -0.2) is 14.5 Å². The van der Waals surface area contributed by atoms with Crippen LogP contribution in [0.1, 0.15) is 63.7 Å². The number of halogens is 3. The van der Waals surface area contributed by atoms with Crippen LogP contribution in [0, 0.1) is 26.2 Å². The minimum absolute atomic E-state index is 0.142. The van der Waals surface area contributed by atoms with E-state index in [1.807, 2.05) is 13.0 Å². The fourth-order valence-corrected chi connectivity index (χ4v) is 6.54. The Labute approximate surface area is 271 Å². The van der Waals surface area contributed by atoms with Gasteiger partial charge in [-0.3, -0.25) is 19.4 Å². The highest BCUT2D eigenvalue weighted by Gasteiger charge is 2.64. The molecule has 6 heterocycles. The average Bonchev–Trinajstić information content (AvgIpc) is 3.28. The van der Waals surface area contributed by atoms with E-state index in [0.717, 1.165) is 11.8 Å². The van der Waals surface area contributed by atoms with Crippen molar-refractivity contribution in [1.82, 2.24) is 34.0 Å². The van der Waals surface area contributed by atoms with Gasteiger partial charge in [0.1, 0.15) is 24.1 Å². The van der Waals surface area contributed by atoms with Crippen LogP contribution in [0.25, 0.3) is 27.8 Å². The van der Waals surface area contributed by atoms with E-state index >= 15 is 0 Å². The number of alkyl halides is 3. The number of nitrogens with one attached hydrogen (secondary N) is 1. The molecule has 5 aromatic heterocycles. The van der Waals surface area contributed by atoms with Crippen LogP contribution in [0.3, 0.4) is 0 Å². The molecule has 0 spiro atoms. The normalized spacial score (nSPS) is 21.8. The van der Waals surface area contributed by atoms with Gasteiger partial charge in [0.05, 0.1) is 22.6 Å². The zero-order chi connectivity index (χ0) is 36.1. The van der Waals surface area contributed by atoms with Crippen LogP contribution < -0.4 is 5.32 Å². The molecule has 242 valence electrons. The van der Waals surface area contributed by atoms with Crippen LogP contribution in [-0.2, 0) is 22.3 Å². The van der Waals surface area contributed by atoms with E-state index in [9.17, 15) is 27.6 Å². The number of rotatable bonds is 6. The van der Waals surface area contributed by atoms with Crippen LogP contribution in [0.4, 0.5) is 19.0 Å². The smallest absolute Gasteiger partial charge is 0.336 e. The Balaban J connectivity index is 1.23. The number of carbonyl (C=O) groups excluding carboxylic acids is 3. The lowest BCUT2D eigenvalue weighted by Gasteiger charge is -2.27. The Kier molecular flexibility index (Phi) is 6.00. The van der Waals surface area contributed by atoms with Crippen molar-refractivity contribution < 1.29 is 31.7 Å². The molecule has 2 aliphatic rings. The molecule has 0 unspecified atom stereocenters. The van der Waals surface area contributed by atoms with Gasteiger partial charge in [-0.05, 0) is 63.6 Å². The number of hydrogen-bond acceptors (Lipinski definition) is 7. The van der Waals surface area contributed by atoms with Gasteiger partial charge >= 0.3 is 6.18 Å². The van der Waals surface area contributed by atoms with Crippen molar-refractivity contribution in [3.63, 3.8) is 0 Å². The summed E-state index contributed by atoms with van der Waals surface area (Å²) in [5, 5.41) is 7.36. The molecule has 1 N–H and O–H groups in total. The third-order valence-corrected chi connectivity index (χ3v) is 8.93. The Morgan fingerprint density at radius 2 is 1.89 bits per heavy atom. The quantitative estimate of drug-likeness (QED) is 0.248. The highest BCUT2D eigenvalue weighted by atomic mass is 19.4. The van der Waals surface area contributed by atoms with Gasteiger partial charge in [0, 0.05) is 51.3 Å². The molecule has 14 heteroatoms. The van der Waals surface area contributed by atoms with Crippen molar-refractivity contribution in [2.24, 2.45) is 5.41 Å². The molecular formula is C33H31F3N8O3. The number of Topliss-reactive ketones (excluding diaryl/α,β-unsaturated/α-hetero) is 1. The first-order valence-corrected chi connectivity index (χ1v) is 14.9. The number of carbonyl (C=O) groups is 3. The van der Waals surface area contributed by atoms with E-state index in [4.69, 9.17) is 9.10 Å². The van der Waals surface area contributed by atoms with Crippen LogP contribution >= 0.6 is 0 Å². The maximum absolute atomic E-state index is 14.1. The Morgan fingerprint density at radius 3 is 2.62 bits per heavy atom. The SMILES string of the molecule is [2H]C([2H])([2H])[C@@]12C[C@@H](C(=O)Nc3nc(C(F)(F)F)ccc3C)N(C(=O)Cn3cc(C(C)=O)c4cc(-c5cnc6cc(C)nn6c5)nc(C)c43)[C@@H]1C2. The zero-order valence-electron chi connectivity index (χ0n) is 28.8. The average molecular weight is 648 g/mol. The number of anilines is 1. The lowest BCUT2D eigenvalue weighted by molar-refractivity contribution is -0.141. The van der Waals surface area contributed by atoms with Gasteiger partial charge < -0.3 is 14.8 Å². The van der Waals surface area contributed by atoms with E-state index in [1.54, 1.807) is 34.5 Å². The summed E-state index contributed by atoms with van der Waals surface area (Å²) >= 11 is 0. The number of fused-ring (bicyclic) bond motifs is 3. The number of aryl methyl sites for hydroxylation is 3. The molecule has 0 bridgehead atoms. The molecule has 3 atom stereocenters. The maximum Gasteiger partial charge on any atom is 0.433 e. The number of likely N-dealkylation sites (tertiary alicyclic amines) is 1. The molecular weight excluding hydrogens is 613 g/mol. The van der Waals surface area contributed by atoms with E-state index in [-0.39, 0.29) is 36.6 Å². The molecule has 2 fully saturated rings. The molecule has 5 aromatic rings. The van der Waals surface area contributed by atoms with Crippen LogP contribution in [0.2, 0.25) is 0 Å². The first kappa shape index (κ1) is 27.0. The van der Waals surface area contributed by atoms with E-state index in [0.29, 0.717) is 39.1 Å². The highest BCUT2D eigenvalue weighted by Crippen LogP contribution is 2.59. The summed E-state index contributed by atoms with van der Waals surface area (Å²) in [7, 11) is 0. The van der Waals surface area contributed by atoms with Gasteiger partial charge in [-0.15, -0.1) is 0 Å². The van der Waals surface area contributed by atoms with Crippen molar-refractivity contribution in [3.8, 4) is 11.3 Å². The lowest BCUT2D eigenvalue weighted by Crippen LogP contribution is -2.46. The largest absolute Gasteiger partial charge is 0.433 e. The van der Waals surface area contributed by atoms with Crippen LogP contribution in [0.15, 0.2) is 42.9 Å². The zero-order valence-corrected chi connectivity index (χ0v) is 25.8. The second-order valence-corrected chi connectivity index (χ2v) is 12.4. The van der Waals surface area contributed by atoms with Gasteiger partial charge in [0.2, 0.25) is 11.8 Å². The third kappa shape index (κ3) is 5.21. The summed E-state index contributed by atoms with van der Waals surface area (Å²) < 4.78 is 67.9. The molecule has 0 radical (unpaired) electrons. The molecule has 1 saturated heterocycles. The summed E-state index contributed by atoms with van der Waals surface area (Å²) in [4.78, 5) is 54.6. The number of piperidine rings is 1. The molecule has 1 aliphatic heterocycles. The van der Waals surface area contributed by atoms with Gasteiger partial charge in [0.15, 0.2) is 11.4 Å². The summed E-state index contributed by atoms with van der Waals surface area (Å²) in [6.45, 7) is 3.60. The number of aromatic nitrogens is 6. The van der Waals surface area contributed by atoms with Crippen LogP contribution in [0.5, 0.6) is 0 Å². The molecule has 7 rings (SSSR count). The number of amides is 2. The number of ketones is 1. The monoisotopic (exact) mass is 647 g/mol. The topological polar surface area (TPSA) is 127 Å². The number of hydrogen-bond donors (Lipinski definition) is 1. The van der Waals surface area contributed by atoms with Crippen molar-refractivity contribution in [3.05, 3.63) is 71.1 Å². The molecule has 1 aliphatic carbocycles. The number of pyridine rings is 2. The van der Waals surface area contributed by atoms with Gasteiger partial charge in [-0.2, -0.15) is 18.3 Å². The minimum atomic E-state index is -4.76. The van der Waals surface area contributed by atoms with Gasteiger partial charge in [0.25, 0.3) is 0 Å². The second-order valence-electron chi connectivity index (χ2n) is 12.4. The van der Waals surface area contributed by atoms with Crippen molar-refractivity contribution in [1.29, 1.82) is 0 Å². The predicted octanol–water partition coefficient (Wildman–Crippen LogP) is 5.31. The number of nitrogens with zero attached hydrogens (tertiary/aromatic N) is 7. The fraction of sp³-hybridized carbons (Fsp3) is 0.364. The molecule has 11 nitrogen and oxygen atoms in total. The summed E-state index contributed by atoms with van der Waals surface area (Å²) in [6.07, 6.45) is 0.145. The fourth-order valence-electron chi connectivity index (χ4n) is 6.54.